The topological polar surface area (TPSA) is 310 Å². The Hall–Kier alpha value is -12.8. The second-order valence-corrected chi connectivity index (χ2v) is 42.4. The zero-order valence-corrected chi connectivity index (χ0v) is 87.0. The number of carbonyl (C=O) groups excluding carboxylic acids is 6. The van der Waals surface area contributed by atoms with E-state index in [4.69, 9.17) is 29.8 Å². The fraction of sp³-hybridized carbons (Fsp3) is 0.352. The minimum Gasteiger partial charge on any atom is -0.870 e. The monoisotopic (exact) mass is 2010 g/mol. The number of hydrogen-bond acceptors (Lipinski definition) is 15. The molecule has 12 fully saturated rings. The molecule has 0 spiro atoms. The number of aliphatic hydroxyl groups excluding tert-OH is 1. The predicted octanol–water partition coefficient (Wildman–Crippen LogP) is 21.8. The van der Waals surface area contributed by atoms with Crippen molar-refractivity contribution in [1.29, 1.82) is 0 Å². The van der Waals surface area contributed by atoms with Crippen LogP contribution in [0, 0.1) is 85.4 Å². The van der Waals surface area contributed by atoms with Crippen molar-refractivity contribution in [2.75, 3.05) is 35.0 Å². The number of para-hydroxylation sites is 4. The number of fused-ring (bicyclic) bond motifs is 5. The Morgan fingerprint density at radius 3 is 0.972 bits per heavy atom. The van der Waals surface area contributed by atoms with E-state index >= 15 is 0 Å². The number of nitrogens with two attached hydrogens (primary N) is 1. The van der Waals surface area contributed by atoms with Gasteiger partial charge in [0, 0.05) is 114 Å². The van der Waals surface area contributed by atoms with Crippen molar-refractivity contribution in [3.05, 3.63) is 369 Å². The Balaban J connectivity index is 0.000000137. The van der Waals surface area contributed by atoms with Crippen LogP contribution in [0.4, 0.5) is 0 Å². The molecule has 750 valence electrons. The molecule has 10 aromatic carbocycles. The van der Waals surface area contributed by atoms with E-state index in [-0.39, 0.29) is 112 Å². The first kappa shape index (κ1) is 108. The molecule has 6 bridgehead atoms. The Bertz CT molecular complexity index is 7090. The van der Waals surface area contributed by atoms with Crippen molar-refractivity contribution >= 4 is 113 Å². The smallest absolute Gasteiger partial charge is 0.870 e. The van der Waals surface area contributed by atoms with Gasteiger partial charge in [-0.15, -0.1) is 0 Å². The number of aliphatic hydroxyl groups is 1. The zero-order valence-electron chi connectivity index (χ0n) is 85.4. The standard InChI is InChI=1S/C28H29NO3.C27H27NO3.C18H17NO2.C17H15NO2.C11H10O2.C10H15NO2.C8H9Br.C2H6O.CH3.Li.H2O/c1-19-6-8-20(9-7-19)15-29-13-10-21-4-3-5-22(24(21)29)23(30)14-27(11-12-27)28-16-26(17-28,18-28)25(31)32-2;1-18-5-7-19(8-6-18)14-28-12-9-20-3-2-4-21(23(20)28)22(29)13-26(10-11-26)27-15-25(16-27,17-27)24(30)31;1-13-6-8-14(9-7-13)12-19-11-10-15-4-3-5-16(17(15)19)18(20)21-2;1-12-5-7-13(8-6-12)11-18-10-9-14-3-2-4-15(16(14)18)17(19)20;1-13-11(12)10-7-3-5-8-4-2-6-9(8)10;1-13-7(12)8-4-9(5-8,6-8)10(11)2-3-10;1-7-2-4-8(6-9)5-3-7;1-2-3;;;/h3-10,13H,11-12,14-18H2,1-2H3;2-9,12H,10-11,13-17H2,1H3,(H,30,31);3-11H,12H2,1-2H3;2-10H,11H2,1H3,(H,19,20);2-5,7H,6H2,1H3;2-6,11H2,1H3;2-5H,6H2,1H3;3H,2H2,1H3;1H3;;1H2/q;;;;;;;;-1;+1;/p-1. The van der Waals surface area contributed by atoms with Gasteiger partial charge in [0.1, 0.15) is 0 Å². The number of aliphatic carboxylic acids is 1. The summed E-state index contributed by atoms with van der Waals surface area (Å²) in [5, 5.41) is 31.5. The second kappa shape index (κ2) is 43.9. The van der Waals surface area contributed by atoms with Gasteiger partial charge in [0.15, 0.2) is 11.6 Å². The number of carboxylic acid groups (broad SMARTS) is 2. The Labute approximate surface area is 869 Å². The van der Waals surface area contributed by atoms with Gasteiger partial charge in [-0.3, -0.25) is 24.0 Å². The molecule has 0 saturated heterocycles. The number of ether oxygens (including phenoxy) is 4. The Morgan fingerprint density at radius 2 is 0.662 bits per heavy atom. The van der Waals surface area contributed by atoms with E-state index < -0.39 is 17.4 Å². The maximum atomic E-state index is 13.6. The average molecular weight is 2010 g/mol. The van der Waals surface area contributed by atoms with Crippen LogP contribution < -0.4 is 24.6 Å². The maximum Gasteiger partial charge on any atom is 1.00 e. The zero-order chi connectivity index (χ0) is 100. The third-order valence-electron chi connectivity index (χ3n) is 32.4. The van der Waals surface area contributed by atoms with Crippen LogP contribution in [-0.2, 0) is 71.3 Å². The summed E-state index contributed by atoms with van der Waals surface area (Å²) >= 11 is 3.38. The maximum absolute atomic E-state index is 13.6. The van der Waals surface area contributed by atoms with Crippen molar-refractivity contribution in [2.45, 2.75) is 194 Å². The number of hydrogen-bond donors (Lipinski definition) is 4. The van der Waals surface area contributed by atoms with Crippen LogP contribution in [0.1, 0.15) is 235 Å². The summed E-state index contributed by atoms with van der Waals surface area (Å²) in [5.74, 6) is -1.70. The number of aromatic carboxylic acids is 1. The van der Waals surface area contributed by atoms with Gasteiger partial charge in [0.05, 0.1) is 83.4 Å². The summed E-state index contributed by atoms with van der Waals surface area (Å²) in [5.41, 5.74) is 27.9. The van der Waals surface area contributed by atoms with Crippen LogP contribution in [0.15, 0.2) is 267 Å². The molecule has 14 aromatic rings. The van der Waals surface area contributed by atoms with E-state index in [1.807, 2.05) is 89.8 Å². The number of carbonyl (C=O) groups is 8. The van der Waals surface area contributed by atoms with Gasteiger partial charge in [0.2, 0.25) is 0 Å². The number of nitrogens with zero attached hydrogens (tertiary/aromatic N) is 4. The number of methoxy groups -OCH3 is 4. The molecule has 145 heavy (non-hydrogen) atoms. The van der Waals surface area contributed by atoms with Gasteiger partial charge < -0.3 is 71.2 Å². The largest absolute Gasteiger partial charge is 1.00 e. The van der Waals surface area contributed by atoms with E-state index in [9.17, 15) is 48.6 Å². The number of allylic oxidation sites excluding steroid dienone is 1. The van der Waals surface area contributed by atoms with Crippen molar-refractivity contribution in [3.8, 4) is 0 Å². The molecular formula is C122H132BrLiN5O16-. The Morgan fingerprint density at radius 1 is 0.372 bits per heavy atom. The predicted molar refractivity (Wildman–Crippen MR) is 568 cm³/mol. The summed E-state index contributed by atoms with van der Waals surface area (Å²) < 4.78 is 27.9. The van der Waals surface area contributed by atoms with Gasteiger partial charge in [0.25, 0.3) is 0 Å². The van der Waals surface area contributed by atoms with Crippen molar-refractivity contribution < 1.29 is 97.0 Å². The number of ketones is 2. The second-order valence-electron chi connectivity index (χ2n) is 41.9. The number of carboxylic acids is 2. The summed E-state index contributed by atoms with van der Waals surface area (Å²) in [6, 6.07) is 79.3. The van der Waals surface area contributed by atoms with Gasteiger partial charge in [-0.2, -0.15) is 0 Å². The molecule has 0 amide bonds. The third-order valence-corrected chi connectivity index (χ3v) is 33.0. The molecule has 0 atom stereocenters. The van der Waals surface area contributed by atoms with E-state index in [0.717, 1.165) is 199 Å². The molecule has 27 rings (SSSR count). The van der Waals surface area contributed by atoms with Crippen molar-refractivity contribution in [1.82, 2.24) is 18.3 Å². The first-order valence-electron chi connectivity index (χ1n) is 49.4. The minimum atomic E-state index is -0.889. The molecule has 4 aromatic heterocycles. The number of Topliss-reactive ketones (excluding diaryl/α,β-unsaturated/α-hetero) is 2. The van der Waals surface area contributed by atoms with Crippen LogP contribution in [0.5, 0.6) is 0 Å². The number of aromatic nitrogens is 4. The molecule has 23 heteroatoms. The van der Waals surface area contributed by atoms with E-state index in [0.29, 0.717) is 41.5 Å². The average Bonchev–Trinajstić information content (AvgIpc) is 1.54. The van der Waals surface area contributed by atoms with Crippen molar-refractivity contribution in [2.24, 2.45) is 49.1 Å². The normalized spacial score (nSPS) is 21.1. The van der Waals surface area contributed by atoms with Crippen LogP contribution in [0.3, 0.4) is 0 Å². The number of alkyl halides is 1. The molecule has 0 aliphatic heterocycles. The molecule has 12 saturated carbocycles. The van der Waals surface area contributed by atoms with Crippen molar-refractivity contribution in [3.63, 3.8) is 0 Å². The minimum absolute atomic E-state index is 0. The Kier molecular flexibility index (Phi) is 32.7. The molecular weight excluding hydrogens is 1880 g/mol. The summed E-state index contributed by atoms with van der Waals surface area (Å²) in [4.78, 5) is 96.8. The molecule has 4 heterocycles. The number of aryl methyl sites for hydroxylation is 5. The number of rotatable bonds is 24. The van der Waals surface area contributed by atoms with Crippen LogP contribution in [0.25, 0.3) is 49.7 Å². The van der Waals surface area contributed by atoms with Crippen LogP contribution >= 0.6 is 15.9 Å². The molecule has 13 aliphatic rings. The molecule has 0 radical (unpaired) electrons. The van der Waals surface area contributed by atoms with E-state index in [1.165, 1.54) is 78.5 Å². The van der Waals surface area contributed by atoms with Gasteiger partial charge in [-0.05, 0) is 265 Å². The van der Waals surface area contributed by atoms with Crippen LogP contribution in [-0.4, -0.2) is 127 Å². The fourth-order valence-corrected chi connectivity index (χ4v) is 24.3. The third kappa shape index (κ3) is 21.5. The van der Waals surface area contributed by atoms with Gasteiger partial charge in [-0.1, -0.05) is 238 Å². The number of esters is 4. The first-order valence-corrected chi connectivity index (χ1v) is 50.5. The molecule has 21 nitrogen and oxygen atoms in total. The first-order chi connectivity index (χ1) is 68.2. The number of benzene rings is 10. The number of halogens is 1. The fourth-order valence-electron chi connectivity index (χ4n) is 24.0. The SMILES string of the molecule is CCO.COC(=O)C12CC(C3(CC(=O)c4cccc5ccn(Cc6ccc(C)cc6)c45)CC3)(C1)C2.COC(=O)C12CC(C3(N)CC3)(C1)C2.COC(=O)c1cccc2c1CC=C2.COC(=O)c1cccc2ccn(Cc3ccc(C)cc3)c12.Cc1ccc(CBr)cc1.Cc1ccc(Cn2ccc3cccc(C(=O)CC4(C56CC(C(=O)O)(C5)C6)CC4)c32)cc1.Cc1ccc(Cn2ccc3cccc(C(=O)O)c32)cc1.[CH3-].[Li+].[OH-]. The quantitative estimate of drug-likeness (QED) is 0.0109. The van der Waals surface area contributed by atoms with Gasteiger partial charge >= 0.3 is 54.7 Å². The van der Waals surface area contributed by atoms with Gasteiger partial charge in [-0.25, -0.2) is 14.4 Å². The van der Waals surface area contributed by atoms with Crippen LogP contribution in [0.2, 0.25) is 0 Å². The summed E-state index contributed by atoms with van der Waals surface area (Å²) in [6.45, 7) is 15.2. The molecule has 13 aliphatic carbocycles. The molecule has 0 unspecified atom stereocenters. The summed E-state index contributed by atoms with van der Waals surface area (Å²) in [6.07, 6.45) is 28.9. The van der Waals surface area contributed by atoms with E-state index in [2.05, 4.69) is 228 Å². The molecule has 6 N–H and O–H groups in total. The summed E-state index contributed by atoms with van der Waals surface area (Å²) in [7, 11) is 5.78. The van der Waals surface area contributed by atoms with E-state index in [1.54, 1.807) is 31.2 Å².